The molecule has 0 aliphatic rings. The molecular formula is C19H21F3N3O3+. The van der Waals surface area contributed by atoms with E-state index in [0.29, 0.717) is 16.3 Å². The van der Waals surface area contributed by atoms with Crippen molar-refractivity contribution in [2.45, 2.75) is 19.3 Å². The number of halogens is 3. The third-order valence-corrected chi connectivity index (χ3v) is 3.98. The molecule has 0 heterocycles. The first-order valence-electron chi connectivity index (χ1n) is 8.48. The van der Waals surface area contributed by atoms with E-state index in [9.17, 15) is 22.8 Å². The van der Waals surface area contributed by atoms with Crippen LogP contribution in [0, 0.1) is 0 Å². The number of rotatable bonds is 7. The van der Waals surface area contributed by atoms with Crippen LogP contribution in [0.15, 0.2) is 54.6 Å². The van der Waals surface area contributed by atoms with Gasteiger partial charge in [0.2, 0.25) is 0 Å². The summed E-state index contributed by atoms with van der Waals surface area (Å²) in [7, 11) is 1.70. The number of carbonyl (C=O) groups excluding carboxylic acids is 2. The van der Waals surface area contributed by atoms with Gasteiger partial charge in [-0.1, -0.05) is 18.2 Å². The molecule has 2 aromatic carbocycles. The van der Waals surface area contributed by atoms with Crippen LogP contribution in [-0.2, 0) is 9.59 Å². The largest absolute Gasteiger partial charge is 0.573 e. The van der Waals surface area contributed by atoms with E-state index >= 15 is 0 Å². The number of benzene rings is 2. The van der Waals surface area contributed by atoms with Gasteiger partial charge in [0.05, 0.1) is 7.05 Å². The smallest absolute Gasteiger partial charge is 0.406 e. The lowest BCUT2D eigenvalue weighted by Gasteiger charge is -2.20. The quantitative estimate of drug-likeness (QED) is 0.671. The minimum Gasteiger partial charge on any atom is -0.406 e. The lowest BCUT2D eigenvalue weighted by atomic mass is 10.2. The molecular weight excluding hydrogens is 375 g/mol. The Morgan fingerprint density at radius 2 is 1.57 bits per heavy atom. The summed E-state index contributed by atoms with van der Waals surface area (Å²) >= 11 is 0. The summed E-state index contributed by atoms with van der Waals surface area (Å²) in [6, 6.07) is 13.3. The number of ether oxygens (including phenoxy) is 1. The van der Waals surface area contributed by atoms with E-state index in [-0.39, 0.29) is 24.1 Å². The molecule has 0 aliphatic heterocycles. The van der Waals surface area contributed by atoms with Crippen molar-refractivity contribution in [3.63, 3.8) is 0 Å². The molecule has 2 atom stereocenters. The molecule has 150 valence electrons. The Kier molecular flexibility index (Phi) is 7.00. The third-order valence-electron chi connectivity index (χ3n) is 3.98. The molecule has 0 saturated heterocycles. The van der Waals surface area contributed by atoms with Gasteiger partial charge in [-0.2, -0.15) is 0 Å². The van der Waals surface area contributed by atoms with Crippen LogP contribution in [0.2, 0.25) is 0 Å². The van der Waals surface area contributed by atoms with Crippen LogP contribution in [0.3, 0.4) is 0 Å². The number of anilines is 2. The number of hydrogen-bond donors (Lipinski definition) is 3. The Labute approximate surface area is 160 Å². The monoisotopic (exact) mass is 396 g/mol. The lowest BCUT2D eigenvalue weighted by Crippen LogP contribution is -3.14. The number of alkyl halides is 3. The summed E-state index contributed by atoms with van der Waals surface area (Å²) in [5.41, 5.74) is 0.992. The molecule has 3 N–H and O–H groups in total. The Morgan fingerprint density at radius 1 is 1.00 bits per heavy atom. The molecule has 6 nitrogen and oxygen atoms in total. The third kappa shape index (κ3) is 6.92. The van der Waals surface area contributed by atoms with Gasteiger partial charge >= 0.3 is 6.36 Å². The zero-order valence-electron chi connectivity index (χ0n) is 15.3. The highest BCUT2D eigenvalue weighted by atomic mass is 19.4. The van der Waals surface area contributed by atoms with Crippen molar-refractivity contribution in [2.75, 3.05) is 24.2 Å². The van der Waals surface area contributed by atoms with Crippen LogP contribution in [0.5, 0.6) is 5.75 Å². The Bertz CT molecular complexity index is 796. The second-order valence-corrected chi connectivity index (χ2v) is 6.22. The summed E-state index contributed by atoms with van der Waals surface area (Å²) in [4.78, 5) is 25.1. The molecule has 2 rings (SSSR count). The minimum atomic E-state index is -4.77. The SMILES string of the molecule is C[C@H](C(=O)Nc1ccccc1)[NH+](C)CC(=O)Nc1ccc(OC(F)(F)F)cc1. The molecule has 2 aromatic rings. The van der Waals surface area contributed by atoms with Crippen LogP contribution in [0.4, 0.5) is 24.5 Å². The van der Waals surface area contributed by atoms with Gasteiger partial charge in [0.1, 0.15) is 5.75 Å². The van der Waals surface area contributed by atoms with Crippen LogP contribution in [-0.4, -0.2) is 37.8 Å². The van der Waals surface area contributed by atoms with Crippen molar-refractivity contribution in [3.05, 3.63) is 54.6 Å². The molecule has 1 unspecified atom stereocenters. The van der Waals surface area contributed by atoms with Crippen molar-refractivity contribution < 1.29 is 32.4 Å². The first-order chi connectivity index (χ1) is 13.1. The van der Waals surface area contributed by atoms with Gasteiger partial charge in [0.25, 0.3) is 11.8 Å². The van der Waals surface area contributed by atoms with E-state index in [1.807, 2.05) is 6.07 Å². The second kappa shape index (κ2) is 9.23. The predicted octanol–water partition coefficient (Wildman–Crippen LogP) is 2.07. The molecule has 0 aromatic heterocycles. The van der Waals surface area contributed by atoms with E-state index in [1.165, 1.54) is 12.1 Å². The highest BCUT2D eigenvalue weighted by Gasteiger charge is 2.31. The van der Waals surface area contributed by atoms with Crippen molar-refractivity contribution in [2.24, 2.45) is 0 Å². The zero-order chi connectivity index (χ0) is 20.7. The first-order valence-corrected chi connectivity index (χ1v) is 8.48. The standard InChI is InChI=1S/C19H20F3N3O3/c1-13(18(27)24-14-6-4-3-5-7-14)25(2)12-17(26)23-15-8-10-16(11-9-15)28-19(20,21)22/h3-11,13H,12H2,1-2H3,(H,23,26)(H,24,27)/p+1/t13-/m1/s1. The minimum absolute atomic E-state index is 0.00415. The predicted molar refractivity (Wildman–Crippen MR) is 98.0 cm³/mol. The molecule has 0 bridgehead atoms. The number of amides is 2. The number of nitrogens with one attached hydrogen (secondary N) is 3. The zero-order valence-corrected chi connectivity index (χ0v) is 15.3. The van der Waals surface area contributed by atoms with Crippen LogP contribution < -0.4 is 20.3 Å². The van der Waals surface area contributed by atoms with Gasteiger partial charge in [-0.25, -0.2) is 0 Å². The fourth-order valence-electron chi connectivity index (χ4n) is 2.35. The molecule has 0 radical (unpaired) electrons. The number of hydrogen-bond acceptors (Lipinski definition) is 3. The van der Waals surface area contributed by atoms with Crippen molar-refractivity contribution in [1.29, 1.82) is 0 Å². The van der Waals surface area contributed by atoms with Gasteiger partial charge < -0.3 is 20.3 Å². The number of likely N-dealkylation sites (N-methyl/N-ethyl adjacent to an activating group) is 1. The Morgan fingerprint density at radius 3 is 2.14 bits per heavy atom. The van der Waals surface area contributed by atoms with Gasteiger partial charge in [-0.15, -0.1) is 13.2 Å². The van der Waals surface area contributed by atoms with E-state index in [0.717, 1.165) is 12.1 Å². The Hall–Kier alpha value is -3.07. The normalized spacial score (nSPS) is 13.3. The first kappa shape index (κ1) is 21.2. The summed E-state index contributed by atoms with van der Waals surface area (Å²) in [6.07, 6.45) is -4.77. The molecule has 0 fully saturated rings. The number of carbonyl (C=O) groups is 2. The molecule has 2 amide bonds. The fraction of sp³-hybridized carbons (Fsp3) is 0.263. The Balaban J connectivity index is 1.85. The average Bonchev–Trinajstić information content (AvgIpc) is 2.62. The van der Waals surface area contributed by atoms with Crippen molar-refractivity contribution >= 4 is 23.2 Å². The average molecular weight is 396 g/mol. The molecule has 0 spiro atoms. The summed E-state index contributed by atoms with van der Waals surface area (Å²) in [6.45, 7) is 1.70. The molecule has 0 saturated carbocycles. The van der Waals surface area contributed by atoms with Gasteiger partial charge in [0, 0.05) is 11.4 Å². The molecule has 28 heavy (non-hydrogen) atoms. The summed E-state index contributed by atoms with van der Waals surface area (Å²) in [5, 5.41) is 5.35. The lowest BCUT2D eigenvalue weighted by molar-refractivity contribution is -0.885. The van der Waals surface area contributed by atoms with Crippen LogP contribution in [0.1, 0.15) is 6.92 Å². The molecule has 0 aliphatic carbocycles. The second-order valence-electron chi connectivity index (χ2n) is 6.22. The van der Waals surface area contributed by atoms with Gasteiger partial charge in [-0.3, -0.25) is 9.59 Å². The molecule has 9 heteroatoms. The summed E-state index contributed by atoms with van der Waals surface area (Å²) in [5.74, 6) is -0.981. The highest BCUT2D eigenvalue weighted by molar-refractivity contribution is 5.94. The number of para-hydroxylation sites is 1. The summed E-state index contributed by atoms with van der Waals surface area (Å²) < 4.78 is 40.2. The van der Waals surface area contributed by atoms with Crippen LogP contribution in [0.25, 0.3) is 0 Å². The fourth-order valence-corrected chi connectivity index (χ4v) is 2.35. The van der Waals surface area contributed by atoms with Crippen LogP contribution >= 0.6 is 0 Å². The topological polar surface area (TPSA) is 71.9 Å². The maximum atomic E-state index is 12.3. The van der Waals surface area contributed by atoms with E-state index in [4.69, 9.17) is 0 Å². The number of quaternary nitrogens is 1. The van der Waals surface area contributed by atoms with Gasteiger partial charge in [-0.05, 0) is 43.3 Å². The maximum Gasteiger partial charge on any atom is 0.573 e. The van der Waals surface area contributed by atoms with E-state index in [2.05, 4.69) is 15.4 Å². The van der Waals surface area contributed by atoms with Gasteiger partial charge in [0.15, 0.2) is 12.6 Å². The highest BCUT2D eigenvalue weighted by Crippen LogP contribution is 2.23. The van der Waals surface area contributed by atoms with Crippen molar-refractivity contribution in [3.8, 4) is 5.75 Å². The van der Waals surface area contributed by atoms with E-state index in [1.54, 1.807) is 38.2 Å². The van der Waals surface area contributed by atoms with Crippen molar-refractivity contribution in [1.82, 2.24) is 0 Å². The maximum absolute atomic E-state index is 12.3. The van der Waals surface area contributed by atoms with E-state index < -0.39 is 12.4 Å².